The number of nitrogens with one attached hydrogen (secondary N) is 1. The number of thiazole rings is 1. The highest BCUT2D eigenvalue weighted by atomic mass is 32.1. The molecule has 3 rings (SSSR count). The molecule has 0 unspecified atom stereocenters. The maximum absolute atomic E-state index is 12.8. The number of hydrogen-bond donors (Lipinski definition) is 2. The van der Waals surface area contributed by atoms with Crippen molar-refractivity contribution in [2.75, 3.05) is 17.6 Å². The number of hydrogen-bond acceptors (Lipinski definition) is 6. The predicted molar refractivity (Wildman–Crippen MR) is 87.9 cm³/mol. The summed E-state index contributed by atoms with van der Waals surface area (Å²) in [5.74, 6) is 0.336. The largest absolute Gasteiger partial charge is 0.382 e. The van der Waals surface area contributed by atoms with Gasteiger partial charge in [0.05, 0.1) is 6.54 Å². The smallest absolute Gasteiger partial charge is 0.268 e. The van der Waals surface area contributed by atoms with Crippen LogP contribution in [0.2, 0.25) is 0 Å². The zero-order valence-corrected chi connectivity index (χ0v) is 13.5. The first-order valence-electron chi connectivity index (χ1n) is 7.02. The normalized spacial score (nSPS) is 14.1. The number of aromatic nitrogens is 1. The van der Waals surface area contributed by atoms with E-state index in [1.165, 1.54) is 16.2 Å². The van der Waals surface area contributed by atoms with E-state index in [1.807, 2.05) is 23.3 Å². The van der Waals surface area contributed by atoms with Crippen LogP contribution >= 0.6 is 22.7 Å². The van der Waals surface area contributed by atoms with Crippen LogP contribution in [0.3, 0.4) is 0 Å². The van der Waals surface area contributed by atoms with E-state index in [4.69, 9.17) is 5.73 Å². The van der Waals surface area contributed by atoms with Gasteiger partial charge in [-0.05, 0) is 31.2 Å². The third-order valence-corrected chi connectivity index (χ3v) is 5.21. The van der Waals surface area contributed by atoms with E-state index in [0.29, 0.717) is 28.4 Å². The molecule has 1 aliphatic carbocycles. The maximum atomic E-state index is 12.8. The molecule has 2 aromatic heterocycles. The van der Waals surface area contributed by atoms with Crippen LogP contribution in [0.5, 0.6) is 0 Å². The monoisotopic (exact) mass is 322 g/mol. The molecule has 0 aromatic carbocycles. The summed E-state index contributed by atoms with van der Waals surface area (Å²) in [6.45, 7) is 3.42. The second kappa shape index (κ2) is 6.03. The van der Waals surface area contributed by atoms with Crippen LogP contribution in [0.15, 0.2) is 17.5 Å². The van der Waals surface area contributed by atoms with E-state index < -0.39 is 0 Å². The molecule has 112 valence electrons. The van der Waals surface area contributed by atoms with Gasteiger partial charge in [-0.2, -0.15) is 0 Å². The predicted octanol–water partition coefficient (Wildman–Crippen LogP) is 3.02. The summed E-state index contributed by atoms with van der Waals surface area (Å²) in [7, 11) is 0. The molecular weight excluding hydrogens is 304 g/mol. The maximum Gasteiger partial charge on any atom is 0.268 e. The van der Waals surface area contributed by atoms with Gasteiger partial charge in [-0.25, -0.2) is 4.98 Å². The Morgan fingerprint density at radius 3 is 3.00 bits per heavy atom. The van der Waals surface area contributed by atoms with Gasteiger partial charge >= 0.3 is 0 Å². The third kappa shape index (κ3) is 3.19. The van der Waals surface area contributed by atoms with Crippen LogP contribution in [0.4, 0.5) is 10.9 Å². The van der Waals surface area contributed by atoms with Crippen LogP contribution in [0.1, 0.15) is 34.3 Å². The molecular formula is C14H18N4OS2. The van der Waals surface area contributed by atoms with Crippen molar-refractivity contribution >= 4 is 39.5 Å². The molecule has 0 radical (unpaired) electrons. The first-order valence-corrected chi connectivity index (χ1v) is 8.72. The summed E-state index contributed by atoms with van der Waals surface area (Å²) in [6.07, 6.45) is 2.16. The zero-order chi connectivity index (χ0) is 14.8. The molecule has 5 nitrogen and oxygen atoms in total. The van der Waals surface area contributed by atoms with Crippen molar-refractivity contribution in [1.29, 1.82) is 0 Å². The van der Waals surface area contributed by atoms with Gasteiger partial charge in [-0.15, -0.1) is 11.3 Å². The number of nitrogens with two attached hydrogens (primary N) is 1. The number of carbonyl (C=O) groups excluding carboxylic acids is 1. The summed E-state index contributed by atoms with van der Waals surface area (Å²) in [6, 6.07) is 4.43. The van der Waals surface area contributed by atoms with E-state index in [-0.39, 0.29) is 5.91 Å². The Bertz CT molecular complexity index is 619. The molecule has 0 atom stereocenters. The summed E-state index contributed by atoms with van der Waals surface area (Å²) in [5.41, 5.74) is 5.92. The van der Waals surface area contributed by atoms with Crippen molar-refractivity contribution in [3.8, 4) is 0 Å². The lowest BCUT2D eigenvalue weighted by molar-refractivity contribution is 0.0737. The van der Waals surface area contributed by atoms with E-state index in [0.717, 1.165) is 19.4 Å². The van der Waals surface area contributed by atoms with Crippen molar-refractivity contribution in [1.82, 2.24) is 9.88 Å². The number of thiophene rings is 1. The van der Waals surface area contributed by atoms with Gasteiger partial charge in [0.1, 0.15) is 10.7 Å². The average molecular weight is 322 g/mol. The van der Waals surface area contributed by atoms with Gasteiger partial charge < -0.3 is 16.0 Å². The fraction of sp³-hybridized carbons (Fsp3) is 0.429. The first kappa shape index (κ1) is 14.3. The van der Waals surface area contributed by atoms with Crippen LogP contribution in [-0.2, 0) is 6.54 Å². The van der Waals surface area contributed by atoms with Crippen molar-refractivity contribution in [3.63, 3.8) is 0 Å². The molecule has 2 heterocycles. The van der Waals surface area contributed by atoms with E-state index >= 15 is 0 Å². The van der Waals surface area contributed by atoms with Gasteiger partial charge in [0.2, 0.25) is 0 Å². The lowest BCUT2D eigenvalue weighted by Gasteiger charge is -2.21. The SMILES string of the molecule is CCNc1nc(N)c(C(=O)N(Cc2cccs2)C2CC2)s1. The highest BCUT2D eigenvalue weighted by Gasteiger charge is 2.35. The number of carbonyl (C=O) groups is 1. The standard InChI is InChI=1S/C14H18N4OS2/c1-2-16-14-17-12(15)11(21-14)13(19)18(9-5-6-9)8-10-4-3-7-20-10/h3-4,7,9H,2,5-6,8,15H2,1H3,(H,16,17). The summed E-state index contributed by atoms with van der Waals surface area (Å²) in [5, 5.41) is 5.86. The van der Waals surface area contributed by atoms with Gasteiger partial charge in [0.15, 0.2) is 5.13 Å². The lowest BCUT2D eigenvalue weighted by Crippen LogP contribution is -2.32. The average Bonchev–Trinajstić information content (AvgIpc) is 3.04. The molecule has 1 fully saturated rings. The number of amides is 1. The second-order valence-corrected chi connectivity index (χ2v) is 7.04. The summed E-state index contributed by atoms with van der Waals surface area (Å²) < 4.78 is 0. The van der Waals surface area contributed by atoms with E-state index in [2.05, 4.69) is 16.4 Å². The van der Waals surface area contributed by atoms with Gasteiger partial charge in [-0.1, -0.05) is 17.4 Å². The quantitative estimate of drug-likeness (QED) is 0.857. The molecule has 1 amide bonds. The molecule has 2 aromatic rings. The minimum atomic E-state index is 0.00468. The van der Waals surface area contributed by atoms with Gasteiger partial charge in [0.25, 0.3) is 5.91 Å². The fourth-order valence-corrected chi connectivity index (χ4v) is 3.78. The number of nitrogens with zero attached hydrogens (tertiary/aromatic N) is 2. The summed E-state index contributed by atoms with van der Waals surface area (Å²) in [4.78, 5) is 20.7. The molecule has 1 aliphatic rings. The molecule has 0 saturated heterocycles. The lowest BCUT2D eigenvalue weighted by atomic mass is 10.3. The molecule has 1 saturated carbocycles. The molecule has 0 spiro atoms. The summed E-state index contributed by atoms with van der Waals surface area (Å²) >= 11 is 3.02. The third-order valence-electron chi connectivity index (χ3n) is 3.33. The Morgan fingerprint density at radius 1 is 1.57 bits per heavy atom. The Hall–Kier alpha value is -1.60. The second-order valence-electron chi connectivity index (χ2n) is 5.01. The van der Waals surface area contributed by atoms with E-state index in [9.17, 15) is 4.79 Å². The minimum absolute atomic E-state index is 0.00468. The molecule has 0 aliphatic heterocycles. The Kier molecular flexibility index (Phi) is 4.12. The van der Waals surface area contributed by atoms with Gasteiger partial charge in [0, 0.05) is 17.5 Å². The van der Waals surface area contributed by atoms with Crippen molar-refractivity contribution in [2.24, 2.45) is 0 Å². The van der Waals surface area contributed by atoms with Crippen LogP contribution in [0, 0.1) is 0 Å². The highest BCUT2D eigenvalue weighted by molar-refractivity contribution is 7.18. The van der Waals surface area contributed by atoms with Crippen molar-refractivity contribution < 1.29 is 4.79 Å². The van der Waals surface area contributed by atoms with Gasteiger partial charge in [-0.3, -0.25) is 4.79 Å². The Labute approximate surface area is 131 Å². The number of rotatable bonds is 6. The topological polar surface area (TPSA) is 71.2 Å². The molecule has 21 heavy (non-hydrogen) atoms. The molecule has 3 N–H and O–H groups in total. The highest BCUT2D eigenvalue weighted by Crippen LogP contribution is 2.34. The fourth-order valence-electron chi connectivity index (χ4n) is 2.17. The van der Waals surface area contributed by atoms with E-state index in [1.54, 1.807) is 11.3 Å². The molecule has 0 bridgehead atoms. The minimum Gasteiger partial charge on any atom is -0.382 e. The van der Waals surface area contributed by atoms with Crippen LogP contribution < -0.4 is 11.1 Å². The number of anilines is 2. The zero-order valence-electron chi connectivity index (χ0n) is 11.8. The Morgan fingerprint density at radius 2 is 2.38 bits per heavy atom. The number of nitrogen functional groups attached to an aromatic ring is 1. The van der Waals surface area contributed by atoms with Crippen LogP contribution in [0.25, 0.3) is 0 Å². The van der Waals surface area contributed by atoms with Crippen molar-refractivity contribution in [2.45, 2.75) is 32.4 Å². The molecule has 7 heteroatoms. The first-order chi connectivity index (χ1) is 10.2. The van der Waals surface area contributed by atoms with Crippen molar-refractivity contribution in [3.05, 3.63) is 27.3 Å². The Balaban J connectivity index is 1.80. The van der Waals surface area contributed by atoms with Crippen LogP contribution in [-0.4, -0.2) is 28.4 Å².